The third-order valence-corrected chi connectivity index (χ3v) is 3.75. The summed E-state index contributed by atoms with van der Waals surface area (Å²) >= 11 is 3.43. The maximum absolute atomic E-state index is 12.0. The number of nitrogens with one attached hydrogen (secondary N) is 2. The predicted molar refractivity (Wildman–Crippen MR) is 74.7 cm³/mol. The van der Waals surface area contributed by atoms with E-state index in [1.165, 1.54) is 7.11 Å². The zero-order chi connectivity index (χ0) is 14.2. The SMILES string of the molecule is COC(=O)C(C)(C)NC1C(=O)Nc2cccc(Br)c21. The lowest BCUT2D eigenvalue weighted by atomic mass is 10.0. The van der Waals surface area contributed by atoms with Gasteiger partial charge in [-0.15, -0.1) is 0 Å². The van der Waals surface area contributed by atoms with Crippen molar-refractivity contribution in [1.82, 2.24) is 5.32 Å². The second-order valence-corrected chi connectivity index (χ2v) is 5.74. The number of amides is 1. The Hall–Kier alpha value is -1.40. The molecule has 0 bridgehead atoms. The summed E-state index contributed by atoms with van der Waals surface area (Å²) in [5.41, 5.74) is 0.607. The number of rotatable bonds is 3. The van der Waals surface area contributed by atoms with Crippen LogP contribution in [-0.4, -0.2) is 24.5 Å². The Bertz CT molecular complexity index is 543. The molecule has 0 aliphatic carbocycles. The zero-order valence-electron chi connectivity index (χ0n) is 10.9. The first-order valence-corrected chi connectivity index (χ1v) is 6.61. The van der Waals surface area contributed by atoms with Crippen molar-refractivity contribution < 1.29 is 14.3 Å². The van der Waals surface area contributed by atoms with Gasteiger partial charge in [-0.3, -0.25) is 14.9 Å². The normalized spacial score (nSPS) is 17.9. The number of ether oxygens (including phenoxy) is 1. The Kier molecular flexibility index (Phi) is 3.64. The molecular weight excluding hydrogens is 312 g/mol. The van der Waals surface area contributed by atoms with E-state index in [9.17, 15) is 9.59 Å². The van der Waals surface area contributed by atoms with Crippen molar-refractivity contribution >= 4 is 33.5 Å². The molecule has 1 heterocycles. The Labute approximate surface area is 119 Å². The lowest BCUT2D eigenvalue weighted by molar-refractivity contribution is -0.147. The van der Waals surface area contributed by atoms with Crippen LogP contribution in [0.25, 0.3) is 0 Å². The number of esters is 1. The van der Waals surface area contributed by atoms with Crippen LogP contribution in [0.2, 0.25) is 0 Å². The lowest BCUT2D eigenvalue weighted by Gasteiger charge is -2.26. The molecule has 102 valence electrons. The molecule has 0 saturated heterocycles. The van der Waals surface area contributed by atoms with Gasteiger partial charge < -0.3 is 10.1 Å². The van der Waals surface area contributed by atoms with Crippen molar-refractivity contribution in [2.24, 2.45) is 0 Å². The highest BCUT2D eigenvalue weighted by Crippen LogP contribution is 2.37. The third-order valence-electron chi connectivity index (χ3n) is 3.06. The average Bonchev–Trinajstić information content (AvgIpc) is 2.65. The van der Waals surface area contributed by atoms with Gasteiger partial charge in [0, 0.05) is 15.7 Å². The minimum absolute atomic E-state index is 0.182. The predicted octanol–water partition coefficient (Wildman–Crippen LogP) is 1.98. The minimum Gasteiger partial charge on any atom is -0.468 e. The first-order valence-electron chi connectivity index (χ1n) is 5.82. The van der Waals surface area contributed by atoms with Crippen LogP contribution in [0, 0.1) is 0 Å². The first kappa shape index (κ1) is 14.0. The number of halogens is 1. The zero-order valence-corrected chi connectivity index (χ0v) is 12.5. The van der Waals surface area contributed by atoms with Gasteiger partial charge in [0.1, 0.15) is 11.6 Å². The van der Waals surface area contributed by atoms with Gasteiger partial charge in [-0.2, -0.15) is 0 Å². The topological polar surface area (TPSA) is 67.4 Å². The smallest absolute Gasteiger partial charge is 0.325 e. The minimum atomic E-state index is -0.951. The van der Waals surface area contributed by atoms with Crippen molar-refractivity contribution in [3.8, 4) is 0 Å². The Morgan fingerprint density at radius 3 is 2.79 bits per heavy atom. The molecule has 0 spiro atoms. The van der Waals surface area contributed by atoms with Gasteiger partial charge in [0.05, 0.1) is 7.11 Å². The van der Waals surface area contributed by atoms with Crippen molar-refractivity contribution in [2.75, 3.05) is 12.4 Å². The molecule has 0 fully saturated rings. The fraction of sp³-hybridized carbons (Fsp3) is 0.385. The highest BCUT2D eigenvalue weighted by molar-refractivity contribution is 9.10. The molecular formula is C13H15BrN2O3. The van der Waals surface area contributed by atoms with Gasteiger partial charge in [-0.1, -0.05) is 22.0 Å². The van der Waals surface area contributed by atoms with Crippen LogP contribution >= 0.6 is 15.9 Å². The first-order chi connectivity index (χ1) is 8.86. The van der Waals surface area contributed by atoms with E-state index in [1.807, 2.05) is 18.2 Å². The lowest BCUT2D eigenvalue weighted by Crippen LogP contribution is -2.50. The van der Waals surface area contributed by atoms with E-state index in [1.54, 1.807) is 13.8 Å². The fourth-order valence-corrected chi connectivity index (χ4v) is 2.68. The molecule has 2 rings (SSSR count). The Morgan fingerprint density at radius 2 is 2.16 bits per heavy atom. The van der Waals surface area contributed by atoms with E-state index < -0.39 is 17.6 Å². The molecule has 19 heavy (non-hydrogen) atoms. The van der Waals surface area contributed by atoms with E-state index in [2.05, 4.69) is 26.6 Å². The number of hydrogen-bond donors (Lipinski definition) is 2. The van der Waals surface area contributed by atoms with E-state index in [-0.39, 0.29) is 5.91 Å². The molecule has 6 heteroatoms. The number of anilines is 1. The van der Waals surface area contributed by atoms with Crippen molar-refractivity contribution in [3.63, 3.8) is 0 Å². The number of methoxy groups -OCH3 is 1. The molecule has 1 aromatic carbocycles. The Balaban J connectivity index is 2.33. The van der Waals surface area contributed by atoms with Crippen LogP contribution in [-0.2, 0) is 14.3 Å². The van der Waals surface area contributed by atoms with E-state index in [0.29, 0.717) is 0 Å². The van der Waals surface area contributed by atoms with Crippen LogP contribution < -0.4 is 10.6 Å². The second kappa shape index (κ2) is 4.94. The monoisotopic (exact) mass is 326 g/mol. The van der Waals surface area contributed by atoms with Gasteiger partial charge in [0.25, 0.3) is 0 Å². The molecule has 0 radical (unpaired) electrons. The summed E-state index contributed by atoms with van der Waals surface area (Å²) in [4.78, 5) is 23.7. The number of hydrogen-bond acceptors (Lipinski definition) is 4. The molecule has 2 N–H and O–H groups in total. The Morgan fingerprint density at radius 1 is 1.47 bits per heavy atom. The summed E-state index contributed by atoms with van der Waals surface area (Å²) in [6, 6.07) is 4.94. The third kappa shape index (κ3) is 2.50. The summed E-state index contributed by atoms with van der Waals surface area (Å²) in [5.74, 6) is -0.598. The maximum Gasteiger partial charge on any atom is 0.325 e. The molecule has 0 saturated carbocycles. The van der Waals surface area contributed by atoms with E-state index in [4.69, 9.17) is 4.74 Å². The highest BCUT2D eigenvalue weighted by atomic mass is 79.9. The van der Waals surface area contributed by atoms with Gasteiger partial charge >= 0.3 is 5.97 Å². The van der Waals surface area contributed by atoms with Crippen molar-refractivity contribution in [1.29, 1.82) is 0 Å². The summed E-state index contributed by atoms with van der Waals surface area (Å²) in [5, 5.41) is 5.82. The van der Waals surface area contributed by atoms with Gasteiger partial charge in [0.2, 0.25) is 5.91 Å². The van der Waals surface area contributed by atoms with Gasteiger partial charge in [-0.05, 0) is 26.0 Å². The highest BCUT2D eigenvalue weighted by Gasteiger charge is 2.39. The molecule has 1 unspecified atom stereocenters. The number of fused-ring (bicyclic) bond motifs is 1. The van der Waals surface area contributed by atoms with Crippen LogP contribution in [0.4, 0.5) is 5.69 Å². The largest absolute Gasteiger partial charge is 0.468 e. The summed E-state index contributed by atoms with van der Waals surface area (Å²) in [7, 11) is 1.32. The van der Waals surface area contributed by atoms with Crippen LogP contribution in [0.1, 0.15) is 25.5 Å². The van der Waals surface area contributed by atoms with Crippen molar-refractivity contribution in [2.45, 2.75) is 25.4 Å². The van der Waals surface area contributed by atoms with E-state index in [0.717, 1.165) is 15.7 Å². The van der Waals surface area contributed by atoms with Crippen LogP contribution in [0.3, 0.4) is 0 Å². The summed E-state index contributed by atoms with van der Waals surface area (Å²) in [6.45, 7) is 3.36. The molecule has 1 amide bonds. The molecule has 1 aliphatic rings. The van der Waals surface area contributed by atoms with Crippen LogP contribution in [0.15, 0.2) is 22.7 Å². The summed E-state index contributed by atoms with van der Waals surface area (Å²) in [6.07, 6.45) is 0. The number of carbonyl (C=O) groups is 2. The molecule has 0 aromatic heterocycles. The van der Waals surface area contributed by atoms with Crippen LogP contribution in [0.5, 0.6) is 0 Å². The number of benzene rings is 1. The molecule has 1 atom stereocenters. The number of carbonyl (C=O) groups excluding carboxylic acids is 2. The van der Waals surface area contributed by atoms with E-state index >= 15 is 0 Å². The van der Waals surface area contributed by atoms with Crippen molar-refractivity contribution in [3.05, 3.63) is 28.2 Å². The van der Waals surface area contributed by atoms with Gasteiger partial charge in [0.15, 0.2) is 0 Å². The molecule has 1 aliphatic heterocycles. The van der Waals surface area contributed by atoms with Gasteiger partial charge in [-0.25, -0.2) is 0 Å². The fourth-order valence-electron chi connectivity index (χ4n) is 2.09. The quantitative estimate of drug-likeness (QED) is 0.833. The second-order valence-electron chi connectivity index (χ2n) is 4.88. The maximum atomic E-state index is 12.0. The standard InChI is InChI=1S/C13H15BrN2O3/c1-13(2,12(18)19-3)16-10-9-7(14)5-4-6-8(9)15-11(10)17/h4-6,10,16H,1-3H3,(H,15,17). The summed E-state index contributed by atoms with van der Waals surface area (Å²) < 4.78 is 5.55. The average molecular weight is 327 g/mol. The molecule has 5 nitrogen and oxygen atoms in total. The molecule has 1 aromatic rings.